The third kappa shape index (κ3) is 4.39. The Bertz CT molecular complexity index is 957. The summed E-state index contributed by atoms with van der Waals surface area (Å²) < 4.78 is 0. The van der Waals surface area contributed by atoms with Crippen LogP contribution in [0.15, 0.2) is 60.8 Å². The summed E-state index contributed by atoms with van der Waals surface area (Å²) in [6.07, 6.45) is 1.54. The van der Waals surface area contributed by atoms with Gasteiger partial charge in [-0.25, -0.2) is 4.98 Å². The van der Waals surface area contributed by atoms with E-state index in [1.54, 1.807) is 36.4 Å². The van der Waals surface area contributed by atoms with Gasteiger partial charge in [-0.1, -0.05) is 18.2 Å². The number of aryl methyl sites for hydroxylation is 2. The molecule has 0 aliphatic rings. The van der Waals surface area contributed by atoms with Crippen LogP contribution in [0, 0.1) is 13.8 Å². The van der Waals surface area contributed by atoms with Crippen molar-refractivity contribution >= 4 is 28.9 Å². The fraction of sp³-hybridized carbons (Fsp3) is 0.136. The molecule has 3 aromatic rings. The van der Waals surface area contributed by atoms with Crippen LogP contribution in [0.5, 0.6) is 0 Å². The van der Waals surface area contributed by atoms with Crippen LogP contribution in [-0.2, 0) is 0 Å². The highest BCUT2D eigenvalue weighted by Crippen LogP contribution is 2.23. The van der Waals surface area contributed by atoms with Gasteiger partial charge in [0.05, 0.1) is 5.56 Å². The molecular weight excluding hydrogens is 338 g/mol. The predicted octanol–water partition coefficient (Wildman–Crippen LogP) is 4.90. The molecule has 0 spiro atoms. The van der Waals surface area contributed by atoms with Crippen molar-refractivity contribution in [3.05, 3.63) is 83.0 Å². The average molecular weight is 359 g/mol. The Hall–Kier alpha value is -3.47. The van der Waals surface area contributed by atoms with Crippen molar-refractivity contribution in [2.75, 3.05) is 10.6 Å². The topological polar surface area (TPSA) is 71.1 Å². The van der Waals surface area contributed by atoms with Crippen LogP contribution in [0.1, 0.15) is 38.8 Å². The van der Waals surface area contributed by atoms with Gasteiger partial charge >= 0.3 is 0 Å². The lowest BCUT2D eigenvalue weighted by molar-refractivity contribution is 0.101. The second kappa shape index (κ2) is 7.83. The zero-order valence-corrected chi connectivity index (χ0v) is 15.5. The smallest absolute Gasteiger partial charge is 0.257 e. The lowest BCUT2D eigenvalue weighted by Gasteiger charge is -2.12. The number of hydrogen-bond donors (Lipinski definition) is 2. The molecule has 0 saturated carbocycles. The first-order valence-corrected chi connectivity index (χ1v) is 8.65. The lowest BCUT2D eigenvalue weighted by atomic mass is 10.1. The van der Waals surface area contributed by atoms with Crippen molar-refractivity contribution in [1.82, 2.24) is 4.98 Å². The monoisotopic (exact) mass is 359 g/mol. The molecule has 5 nitrogen and oxygen atoms in total. The number of para-hydroxylation sites is 1. The molecule has 2 N–H and O–H groups in total. The first-order valence-electron chi connectivity index (χ1n) is 8.65. The van der Waals surface area contributed by atoms with Crippen molar-refractivity contribution in [3.8, 4) is 0 Å². The molecule has 0 atom stereocenters. The molecule has 5 heteroatoms. The maximum absolute atomic E-state index is 12.4. The molecule has 27 heavy (non-hydrogen) atoms. The van der Waals surface area contributed by atoms with E-state index in [0.717, 1.165) is 16.8 Å². The second-order valence-electron chi connectivity index (χ2n) is 6.41. The number of nitrogens with one attached hydrogen (secondary N) is 2. The number of hydrogen-bond acceptors (Lipinski definition) is 4. The molecule has 1 heterocycles. The molecule has 1 amide bonds. The van der Waals surface area contributed by atoms with Gasteiger partial charge in [-0.05, 0) is 68.3 Å². The quantitative estimate of drug-likeness (QED) is 0.636. The SMILES string of the molecule is CC(=O)c1ccc(NC(=O)c2ccc(Nc3c(C)cccc3C)nc2)cc1. The molecule has 136 valence electrons. The molecular formula is C22H21N3O2. The Morgan fingerprint density at radius 1 is 0.852 bits per heavy atom. The van der Waals surface area contributed by atoms with Gasteiger partial charge in [0.1, 0.15) is 5.82 Å². The average Bonchev–Trinajstić information content (AvgIpc) is 2.66. The molecule has 3 rings (SSSR count). The van der Waals surface area contributed by atoms with E-state index in [9.17, 15) is 9.59 Å². The van der Waals surface area contributed by atoms with Crippen LogP contribution in [0.25, 0.3) is 0 Å². The fourth-order valence-corrected chi connectivity index (χ4v) is 2.73. The van der Waals surface area contributed by atoms with Crippen LogP contribution < -0.4 is 10.6 Å². The lowest BCUT2D eigenvalue weighted by Crippen LogP contribution is -2.12. The van der Waals surface area contributed by atoms with Crippen LogP contribution in [0.3, 0.4) is 0 Å². The number of carbonyl (C=O) groups is 2. The summed E-state index contributed by atoms with van der Waals surface area (Å²) in [6.45, 7) is 5.58. The number of ketones is 1. The van der Waals surface area contributed by atoms with E-state index in [0.29, 0.717) is 22.6 Å². The molecule has 0 saturated heterocycles. The van der Waals surface area contributed by atoms with Crippen molar-refractivity contribution in [2.24, 2.45) is 0 Å². The molecule has 1 aromatic heterocycles. The molecule has 0 aliphatic carbocycles. The number of carbonyl (C=O) groups excluding carboxylic acids is 2. The van der Waals surface area contributed by atoms with Crippen LogP contribution in [0.4, 0.5) is 17.2 Å². The third-order valence-corrected chi connectivity index (χ3v) is 4.31. The minimum Gasteiger partial charge on any atom is -0.340 e. The van der Waals surface area contributed by atoms with Crippen LogP contribution in [0.2, 0.25) is 0 Å². The van der Waals surface area contributed by atoms with Crippen LogP contribution in [-0.4, -0.2) is 16.7 Å². The van der Waals surface area contributed by atoms with E-state index in [1.165, 1.54) is 13.1 Å². The van der Waals surface area contributed by atoms with E-state index in [1.807, 2.05) is 32.0 Å². The van der Waals surface area contributed by atoms with E-state index >= 15 is 0 Å². The molecule has 0 bridgehead atoms. The minimum absolute atomic E-state index is 0.0101. The zero-order chi connectivity index (χ0) is 19.4. The standard InChI is InChI=1S/C22H21N3O2/c1-14-5-4-6-15(2)21(14)25-20-12-9-18(13-23-20)22(27)24-19-10-7-17(8-11-19)16(3)26/h4-13H,1-3H3,(H,23,25)(H,24,27). The normalized spacial score (nSPS) is 10.3. The number of benzene rings is 2. The van der Waals surface area contributed by atoms with Crippen molar-refractivity contribution in [2.45, 2.75) is 20.8 Å². The Kier molecular flexibility index (Phi) is 5.31. The summed E-state index contributed by atoms with van der Waals surface area (Å²) in [5, 5.41) is 6.10. The Morgan fingerprint density at radius 2 is 1.48 bits per heavy atom. The highest BCUT2D eigenvalue weighted by molar-refractivity contribution is 6.04. The number of amides is 1. The van der Waals surface area contributed by atoms with Gasteiger partial charge in [0.15, 0.2) is 5.78 Å². The number of rotatable bonds is 5. The molecule has 0 fully saturated rings. The highest BCUT2D eigenvalue weighted by Gasteiger charge is 2.09. The highest BCUT2D eigenvalue weighted by atomic mass is 16.1. The number of anilines is 3. The summed E-state index contributed by atoms with van der Waals surface area (Å²) in [5.74, 6) is 0.413. The Balaban J connectivity index is 1.69. The number of Topliss-reactive ketones (excluding diaryl/α,β-unsaturated/α-hetero) is 1. The van der Waals surface area contributed by atoms with Crippen LogP contribution >= 0.6 is 0 Å². The van der Waals surface area contributed by atoms with Crippen molar-refractivity contribution < 1.29 is 9.59 Å². The molecule has 2 aromatic carbocycles. The van der Waals surface area contributed by atoms with Gasteiger partial charge in [-0.3, -0.25) is 9.59 Å². The summed E-state index contributed by atoms with van der Waals surface area (Å²) in [5.41, 5.74) is 4.98. The molecule has 0 radical (unpaired) electrons. The first-order chi connectivity index (χ1) is 12.9. The second-order valence-corrected chi connectivity index (χ2v) is 6.41. The van der Waals surface area contributed by atoms with E-state index in [2.05, 4.69) is 15.6 Å². The van der Waals surface area contributed by atoms with E-state index in [-0.39, 0.29) is 11.7 Å². The van der Waals surface area contributed by atoms with Gasteiger partial charge in [-0.2, -0.15) is 0 Å². The first kappa shape index (κ1) is 18.3. The third-order valence-electron chi connectivity index (χ3n) is 4.31. The molecule has 0 aliphatic heterocycles. The van der Waals surface area contributed by atoms with E-state index < -0.39 is 0 Å². The number of aromatic nitrogens is 1. The largest absolute Gasteiger partial charge is 0.340 e. The van der Waals surface area contributed by atoms with Crippen molar-refractivity contribution in [1.29, 1.82) is 0 Å². The number of nitrogens with zero attached hydrogens (tertiary/aromatic N) is 1. The predicted molar refractivity (Wildman–Crippen MR) is 108 cm³/mol. The Morgan fingerprint density at radius 3 is 2.04 bits per heavy atom. The van der Waals surface area contributed by atoms with Gasteiger partial charge in [0.25, 0.3) is 5.91 Å². The summed E-state index contributed by atoms with van der Waals surface area (Å²) in [6, 6.07) is 16.4. The zero-order valence-electron chi connectivity index (χ0n) is 15.5. The summed E-state index contributed by atoms with van der Waals surface area (Å²) in [7, 11) is 0. The fourth-order valence-electron chi connectivity index (χ4n) is 2.73. The van der Waals surface area contributed by atoms with Gasteiger partial charge in [-0.15, -0.1) is 0 Å². The molecule has 0 unspecified atom stereocenters. The maximum Gasteiger partial charge on any atom is 0.257 e. The van der Waals surface area contributed by atoms with Crippen molar-refractivity contribution in [3.63, 3.8) is 0 Å². The van der Waals surface area contributed by atoms with Gasteiger partial charge in [0, 0.05) is 23.1 Å². The Labute approximate surface area is 158 Å². The van der Waals surface area contributed by atoms with Gasteiger partial charge < -0.3 is 10.6 Å². The van der Waals surface area contributed by atoms with Gasteiger partial charge in [0.2, 0.25) is 0 Å². The summed E-state index contributed by atoms with van der Waals surface area (Å²) in [4.78, 5) is 28.0. The maximum atomic E-state index is 12.4. The van der Waals surface area contributed by atoms with E-state index in [4.69, 9.17) is 0 Å². The summed E-state index contributed by atoms with van der Waals surface area (Å²) >= 11 is 0. The minimum atomic E-state index is -0.253. The number of pyridine rings is 1.